The van der Waals surface area contributed by atoms with E-state index in [0.29, 0.717) is 22.7 Å². The normalized spacial score (nSPS) is 18.0. The molecule has 0 aromatic heterocycles. The number of anilines is 2. The number of nitrogens with two attached hydrogens (primary N) is 2. The number of esters is 2. The van der Waals surface area contributed by atoms with Crippen LogP contribution in [-0.2, 0) is 25.7 Å². The molecule has 0 amide bonds. The summed E-state index contributed by atoms with van der Waals surface area (Å²) in [6.45, 7) is 2.99. The minimum atomic E-state index is -0.494. The number of nitrogen functional groups attached to an aromatic ring is 2. The van der Waals surface area contributed by atoms with Gasteiger partial charge in [0.05, 0.1) is 12.0 Å². The van der Waals surface area contributed by atoms with Crippen LogP contribution < -0.4 is 16.2 Å². The summed E-state index contributed by atoms with van der Waals surface area (Å²) in [7, 11) is 0. The van der Waals surface area contributed by atoms with E-state index in [1.807, 2.05) is 0 Å². The van der Waals surface area contributed by atoms with Crippen molar-refractivity contribution in [3.8, 4) is 5.75 Å². The minimum absolute atomic E-state index is 0.0434. The first-order chi connectivity index (χ1) is 16.4. The van der Waals surface area contributed by atoms with Crippen LogP contribution >= 0.6 is 0 Å². The van der Waals surface area contributed by atoms with Crippen LogP contribution in [0.1, 0.15) is 56.6 Å². The molecule has 0 aliphatic heterocycles. The minimum Gasteiger partial charge on any atom is -0.458 e. The summed E-state index contributed by atoms with van der Waals surface area (Å²) in [4.78, 5) is 24.5. The molecule has 0 bridgehead atoms. The van der Waals surface area contributed by atoms with E-state index in [9.17, 15) is 9.59 Å². The molecule has 34 heavy (non-hydrogen) atoms. The predicted molar refractivity (Wildman–Crippen MR) is 133 cm³/mol. The van der Waals surface area contributed by atoms with Gasteiger partial charge in [-0.05, 0) is 74.1 Å². The Kier molecular flexibility index (Phi) is 9.52. The first kappa shape index (κ1) is 25.3. The number of hydrogen-bond donors (Lipinski definition) is 2. The second-order valence-corrected chi connectivity index (χ2v) is 8.59. The van der Waals surface area contributed by atoms with Crippen LogP contribution in [0.25, 0.3) is 6.08 Å². The number of hydrogen-bond acceptors (Lipinski definition) is 7. The standard InChI is InChI=1S/C27H34N2O5/c1-2-3-16-32-23-12-7-20(8-13-23)27(31)34-24-10-4-19(5-11-24)6-15-26(30)33-18-21-17-22(28)9-14-25(21)29/h4-6,9-11,14-15,17,20,23H,2-3,7-8,12-13,16,18,28-29H2,1H3. The SMILES string of the molecule is CCCCOC1CCC(C(=O)Oc2ccc(C=CC(=O)OCc3cc(N)ccc3N)cc2)CC1. The molecule has 7 heteroatoms. The second-order valence-electron chi connectivity index (χ2n) is 8.59. The van der Waals surface area contributed by atoms with E-state index in [1.165, 1.54) is 6.08 Å². The number of benzene rings is 2. The molecule has 0 radical (unpaired) electrons. The Balaban J connectivity index is 1.42. The van der Waals surface area contributed by atoms with Crippen molar-refractivity contribution in [2.75, 3.05) is 18.1 Å². The molecule has 1 aliphatic carbocycles. The first-order valence-corrected chi connectivity index (χ1v) is 11.9. The lowest BCUT2D eigenvalue weighted by Crippen LogP contribution is -2.29. The zero-order valence-electron chi connectivity index (χ0n) is 19.7. The smallest absolute Gasteiger partial charge is 0.331 e. The van der Waals surface area contributed by atoms with Gasteiger partial charge >= 0.3 is 11.9 Å². The lowest BCUT2D eigenvalue weighted by molar-refractivity contribution is -0.141. The van der Waals surface area contributed by atoms with E-state index in [-0.39, 0.29) is 24.6 Å². The van der Waals surface area contributed by atoms with Crippen molar-refractivity contribution < 1.29 is 23.8 Å². The number of rotatable bonds is 10. The summed E-state index contributed by atoms with van der Waals surface area (Å²) in [5, 5.41) is 0. The molecule has 3 rings (SSSR count). The van der Waals surface area contributed by atoms with Gasteiger partial charge in [0.2, 0.25) is 0 Å². The molecule has 0 atom stereocenters. The van der Waals surface area contributed by atoms with E-state index in [2.05, 4.69) is 6.92 Å². The molecular formula is C27H34N2O5. The lowest BCUT2D eigenvalue weighted by atomic mass is 9.87. The fourth-order valence-corrected chi connectivity index (χ4v) is 3.82. The maximum Gasteiger partial charge on any atom is 0.331 e. The summed E-state index contributed by atoms with van der Waals surface area (Å²) in [6.07, 6.45) is 8.81. The summed E-state index contributed by atoms with van der Waals surface area (Å²) < 4.78 is 16.7. The monoisotopic (exact) mass is 466 g/mol. The molecule has 0 heterocycles. The van der Waals surface area contributed by atoms with E-state index < -0.39 is 5.97 Å². The van der Waals surface area contributed by atoms with Gasteiger partial charge < -0.3 is 25.7 Å². The molecule has 0 saturated heterocycles. The molecule has 7 nitrogen and oxygen atoms in total. The molecule has 182 valence electrons. The quantitative estimate of drug-likeness (QED) is 0.168. The van der Waals surface area contributed by atoms with Gasteiger partial charge in [0, 0.05) is 29.6 Å². The van der Waals surface area contributed by atoms with Gasteiger partial charge in [-0.2, -0.15) is 0 Å². The molecule has 2 aromatic rings. The third kappa shape index (κ3) is 7.92. The lowest BCUT2D eigenvalue weighted by Gasteiger charge is -2.27. The van der Waals surface area contributed by atoms with Crippen LogP contribution in [0.2, 0.25) is 0 Å². The third-order valence-electron chi connectivity index (χ3n) is 5.91. The Hall–Kier alpha value is -3.32. The zero-order chi connectivity index (χ0) is 24.3. The highest BCUT2D eigenvalue weighted by molar-refractivity contribution is 5.87. The van der Waals surface area contributed by atoms with E-state index in [0.717, 1.165) is 50.7 Å². The van der Waals surface area contributed by atoms with Crippen LogP contribution in [0.5, 0.6) is 5.75 Å². The maximum atomic E-state index is 12.5. The Morgan fingerprint density at radius 1 is 1.03 bits per heavy atom. The third-order valence-corrected chi connectivity index (χ3v) is 5.91. The topological polar surface area (TPSA) is 114 Å². The average Bonchev–Trinajstić information content (AvgIpc) is 2.84. The molecule has 1 fully saturated rings. The summed E-state index contributed by atoms with van der Waals surface area (Å²) in [6, 6.07) is 12.0. The van der Waals surface area contributed by atoms with E-state index >= 15 is 0 Å². The largest absolute Gasteiger partial charge is 0.458 e. The van der Waals surface area contributed by atoms with Gasteiger partial charge in [-0.25, -0.2) is 4.79 Å². The van der Waals surface area contributed by atoms with Crippen molar-refractivity contribution in [1.82, 2.24) is 0 Å². The second kappa shape index (κ2) is 12.8. The zero-order valence-corrected chi connectivity index (χ0v) is 19.7. The summed E-state index contributed by atoms with van der Waals surface area (Å²) >= 11 is 0. The number of carbonyl (C=O) groups is 2. The fourth-order valence-electron chi connectivity index (χ4n) is 3.82. The van der Waals surface area contributed by atoms with Crippen LogP contribution in [-0.4, -0.2) is 24.6 Å². The Morgan fingerprint density at radius 3 is 2.47 bits per heavy atom. The van der Waals surface area contributed by atoms with Crippen molar-refractivity contribution in [2.45, 2.75) is 58.2 Å². The Labute approximate surface area is 201 Å². The molecule has 2 aromatic carbocycles. The van der Waals surface area contributed by atoms with Crippen molar-refractivity contribution >= 4 is 29.4 Å². The number of carbonyl (C=O) groups excluding carboxylic acids is 2. The van der Waals surface area contributed by atoms with Gasteiger partial charge in [0.15, 0.2) is 0 Å². The molecule has 0 spiro atoms. The highest BCUT2D eigenvalue weighted by Crippen LogP contribution is 2.28. The highest BCUT2D eigenvalue weighted by Gasteiger charge is 2.28. The number of ether oxygens (including phenoxy) is 3. The highest BCUT2D eigenvalue weighted by atomic mass is 16.5. The fraction of sp³-hybridized carbons (Fsp3) is 0.407. The first-order valence-electron chi connectivity index (χ1n) is 11.9. The van der Waals surface area contributed by atoms with Crippen LogP contribution in [0.4, 0.5) is 11.4 Å². The van der Waals surface area contributed by atoms with E-state index in [4.69, 9.17) is 25.7 Å². The van der Waals surface area contributed by atoms with Gasteiger partial charge in [-0.15, -0.1) is 0 Å². The predicted octanol–water partition coefficient (Wildman–Crippen LogP) is 4.89. The summed E-state index contributed by atoms with van der Waals surface area (Å²) in [5.41, 5.74) is 14.1. The Bertz CT molecular complexity index is 979. The van der Waals surface area contributed by atoms with Crippen LogP contribution in [0, 0.1) is 5.92 Å². The van der Waals surface area contributed by atoms with Crippen molar-refractivity contribution in [2.24, 2.45) is 5.92 Å². The summed E-state index contributed by atoms with van der Waals surface area (Å²) in [5.74, 6) is -0.288. The number of unbranched alkanes of at least 4 members (excludes halogenated alkanes) is 1. The molecule has 0 unspecified atom stereocenters. The van der Waals surface area contributed by atoms with Crippen LogP contribution in [0.3, 0.4) is 0 Å². The van der Waals surface area contributed by atoms with Crippen molar-refractivity contribution in [3.63, 3.8) is 0 Å². The van der Waals surface area contributed by atoms with Gasteiger partial charge in [0.25, 0.3) is 0 Å². The molecular weight excluding hydrogens is 432 g/mol. The van der Waals surface area contributed by atoms with E-state index in [1.54, 1.807) is 48.5 Å². The van der Waals surface area contributed by atoms with Gasteiger partial charge in [-0.1, -0.05) is 25.5 Å². The Morgan fingerprint density at radius 2 is 1.76 bits per heavy atom. The maximum absolute atomic E-state index is 12.5. The van der Waals surface area contributed by atoms with Gasteiger partial charge in [-0.3, -0.25) is 4.79 Å². The molecule has 1 saturated carbocycles. The molecule has 4 N–H and O–H groups in total. The molecule has 1 aliphatic rings. The average molecular weight is 467 g/mol. The van der Waals surface area contributed by atoms with Crippen molar-refractivity contribution in [3.05, 3.63) is 59.7 Å². The van der Waals surface area contributed by atoms with Crippen LogP contribution in [0.15, 0.2) is 48.5 Å². The van der Waals surface area contributed by atoms with Crippen molar-refractivity contribution in [1.29, 1.82) is 0 Å². The van der Waals surface area contributed by atoms with Gasteiger partial charge in [0.1, 0.15) is 12.4 Å².